The van der Waals surface area contributed by atoms with E-state index in [2.05, 4.69) is 15.4 Å². The van der Waals surface area contributed by atoms with Crippen LogP contribution in [0, 0.1) is 5.82 Å². The Morgan fingerprint density at radius 3 is 2.70 bits per heavy atom. The summed E-state index contributed by atoms with van der Waals surface area (Å²) in [6.45, 7) is 0.435. The second-order valence-corrected chi connectivity index (χ2v) is 6.55. The van der Waals surface area contributed by atoms with Gasteiger partial charge in [0.25, 0.3) is 5.91 Å². The first kappa shape index (κ1) is 19.4. The minimum absolute atomic E-state index is 0.116. The van der Waals surface area contributed by atoms with Crippen LogP contribution in [0.1, 0.15) is 15.9 Å². The van der Waals surface area contributed by atoms with Gasteiger partial charge in [0.15, 0.2) is 5.65 Å². The van der Waals surface area contributed by atoms with E-state index in [9.17, 15) is 9.18 Å². The SMILES string of the molecule is COc1ccc(Cn2ncc3cc(C(=O)Nc4ccccc4F)cnc32)c(OC)c1. The molecule has 0 radical (unpaired) electrons. The topological polar surface area (TPSA) is 78.3 Å². The van der Waals surface area contributed by atoms with Gasteiger partial charge in [0.1, 0.15) is 17.3 Å². The number of para-hydroxylation sites is 1. The predicted octanol–water partition coefficient (Wildman–Crippen LogP) is 3.89. The van der Waals surface area contributed by atoms with Crippen molar-refractivity contribution in [2.24, 2.45) is 0 Å². The van der Waals surface area contributed by atoms with E-state index in [1.807, 2.05) is 12.1 Å². The van der Waals surface area contributed by atoms with Gasteiger partial charge in [0.2, 0.25) is 0 Å². The molecule has 0 aliphatic heterocycles. The molecule has 0 fully saturated rings. The van der Waals surface area contributed by atoms with E-state index in [4.69, 9.17) is 9.47 Å². The fourth-order valence-corrected chi connectivity index (χ4v) is 3.11. The lowest BCUT2D eigenvalue weighted by atomic mass is 10.2. The molecule has 0 aliphatic rings. The Kier molecular flexibility index (Phi) is 5.30. The minimum atomic E-state index is -0.499. The fourth-order valence-electron chi connectivity index (χ4n) is 3.11. The predicted molar refractivity (Wildman–Crippen MR) is 111 cm³/mol. The van der Waals surface area contributed by atoms with E-state index in [1.165, 1.54) is 18.3 Å². The maximum Gasteiger partial charge on any atom is 0.257 e. The molecular formula is C22H19FN4O3. The van der Waals surface area contributed by atoms with Gasteiger partial charge >= 0.3 is 0 Å². The van der Waals surface area contributed by atoms with Crippen molar-refractivity contribution < 1.29 is 18.7 Å². The third kappa shape index (κ3) is 3.80. The Morgan fingerprint density at radius 1 is 1.10 bits per heavy atom. The number of hydrogen-bond acceptors (Lipinski definition) is 5. The number of aromatic nitrogens is 3. The molecule has 152 valence electrons. The van der Waals surface area contributed by atoms with Crippen molar-refractivity contribution in [3.8, 4) is 11.5 Å². The average molecular weight is 406 g/mol. The van der Waals surface area contributed by atoms with E-state index in [-0.39, 0.29) is 5.69 Å². The molecule has 1 amide bonds. The Bertz CT molecular complexity index is 1220. The van der Waals surface area contributed by atoms with Gasteiger partial charge in [0.05, 0.1) is 38.2 Å². The van der Waals surface area contributed by atoms with Crippen LogP contribution < -0.4 is 14.8 Å². The highest BCUT2D eigenvalue weighted by atomic mass is 19.1. The lowest BCUT2D eigenvalue weighted by Gasteiger charge is -2.11. The van der Waals surface area contributed by atoms with Crippen LogP contribution >= 0.6 is 0 Å². The number of amides is 1. The van der Waals surface area contributed by atoms with Gasteiger partial charge in [-0.3, -0.25) is 4.79 Å². The number of fused-ring (bicyclic) bond motifs is 1. The number of ether oxygens (including phenoxy) is 2. The van der Waals surface area contributed by atoms with Crippen LogP contribution in [0.15, 0.2) is 60.9 Å². The number of hydrogen-bond donors (Lipinski definition) is 1. The molecule has 0 spiro atoms. The smallest absolute Gasteiger partial charge is 0.257 e. The summed E-state index contributed by atoms with van der Waals surface area (Å²) < 4.78 is 26.2. The van der Waals surface area contributed by atoms with Gasteiger partial charge in [-0.15, -0.1) is 0 Å². The molecule has 8 heteroatoms. The minimum Gasteiger partial charge on any atom is -0.497 e. The zero-order chi connectivity index (χ0) is 21.1. The second-order valence-electron chi connectivity index (χ2n) is 6.55. The second kappa shape index (κ2) is 8.20. The van der Waals surface area contributed by atoms with E-state index in [1.54, 1.807) is 49.4 Å². The fraction of sp³-hybridized carbons (Fsp3) is 0.136. The van der Waals surface area contributed by atoms with Crippen molar-refractivity contribution in [3.05, 3.63) is 77.9 Å². The Morgan fingerprint density at radius 2 is 1.93 bits per heavy atom. The lowest BCUT2D eigenvalue weighted by Crippen LogP contribution is -2.13. The normalized spacial score (nSPS) is 10.8. The molecule has 2 aromatic heterocycles. The number of anilines is 1. The first-order chi connectivity index (χ1) is 14.6. The van der Waals surface area contributed by atoms with Crippen molar-refractivity contribution in [1.82, 2.24) is 14.8 Å². The highest BCUT2D eigenvalue weighted by Gasteiger charge is 2.14. The molecule has 4 rings (SSSR count). The van der Waals surface area contributed by atoms with Gasteiger partial charge in [-0.1, -0.05) is 12.1 Å². The van der Waals surface area contributed by atoms with Crippen molar-refractivity contribution in [3.63, 3.8) is 0 Å². The van der Waals surface area contributed by atoms with Crippen molar-refractivity contribution >= 4 is 22.6 Å². The van der Waals surface area contributed by atoms with Crippen molar-refractivity contribution in [2.75, 3.05) is 19.5 Å². The molecule has 0 unspecified atom stereocenters. The summed E-state index contributed by atoms with van der Waals surface area (Å²) in [6, 6.07) is 13.2. The molecule has 4 aromatic rings. The van der Waals surface area contributed by atoms with Gasteiger partial charge in [-0.05, 0) is 30.3 Å². The molecule has 0 saturated heterocycles. The molecule has 0 saturated carbocycles. The van der Waals surface area contributed by atoms with Crippen LogP contribution in [-0.2, 0) is 6.54 Å². The number of rotatable bonds is 6. The van der Waals surface area contributed by atoms with E-state index < -0.39 is 11.7 Å². The number of nitrogens with one attached hydrogen (secondary N) is 1. The number of benzene rings is 2. The number of carbonyl (C=O) groups excluding carboxylic acids is 1. The lowest BCUT2D eigenvalue weighted by molar-refractivity contribution is 0.102. The summed E-state index contributed by atoms with van der Waals surface area (Å²) in [4.78, 5) is 16.9. The summed E-state index contributed by atoms with van der Waals surface area (Å²) in [7, 11) is 3.19. The number of pyridine rings is 1. The van der Waals surface area contributed by atoms with E-state index >= 15 is 0 Å². The van der Waals surface area contributed by atoms with Crippen molar-refractivity contribution in [2.45, 2.75) is 6.54 Å². The number of carbonyl (C=O) groups is 1. The van der Waals surface area contributed by atoms with Crippen LogP contribution in [-0.4, -0.2) is 34.9 Å². The molecule has 0 atom stereocenters. The highest BCUT2D eigenvalue weighted by Crippen LogP contribution is 2.26. The van der Waals surface area contributed by atoms with Crippen molar-refractivity contribution in [1.29, 1.82) is 0 Å². The Balaban J connectivity index is 1.58. The molecule has 2 aromatic carbocycles. The molecular weight excluding hydrogens is 387 g/mol. The summed E-state index contributed by atoms with van der Waals surface area (Å²) in [6.07, 6.45) is 3.08. The van der Waals surface area contributed by atoms with Crippen LogP contribution in [0.5, 0.6) is 11.5 Å². The summed E-state index contributed by atoms with van der Waals surface area (Å²) in [5.41, 5.74) is 1.96. The third-order valence-corrected chi connectivity index (χ3v) is 4.67. The number of halogens is 1. The first-order valence-electron chi connectivity index (χ1n) is 9.17. The van der Waals surface area contributed by atoms with Crippen LogP contribution in [0.3, 0.4) is 0 Å². The Labute approximate surface area is 172 Å². The maximum atomic E-state index is 13.8. The molecule has 2 heterocycles. The zero-order valence-corrected chi connectivity index (χ0v) is 16.4. The van der Waals surface area contributed by atoms with Gasteiger partial charge in [-0.25, -0.2) is 14.1 Å². The first-order valence-corrected chi connectivity index (χ1v) is 9.17. The number of nitrogens with zero attached hydrogens (tertiary/aromatic N) is 3. The molecule has 0 aliphatic carbocycles. The van der Waals surface area contributed by atoms with E-state index in [0.29, 0.717) is 34.6 Å². The molecule has 7 nitrogen and oxygen atoms in total. The van der Waals surface area contributed by atoms with E-state index in [0.717, 1.165) is 5.56 Å². The molecule has 30 heavy (non-hydrogen) atoms. The standard InChI is InChI=1S/C22H19FN4O3/c1-29-17-8-7-14(20(10-17)30-2)13-27-21-15(12-25-27)9-16(11-24-21)22(28)26-19-6-4-3-5-18(19)23/h3-12H,13H2,1-2H3,(H,26,28). The van der Waals surface area contributed by atoms with Gasteiger partial charge in [-0.2, -0.15) is 5.10 Å². The summed E-state index contributed by atoms with van der Waals surface area (Å²) in [5.74, 6) is 0.434. The maximum absolute atomic E-state index is 13.8. The van der Waals surface area contributed by atoms with Gasteiger partial charge in [0, 0.05) is 23.2 Å². The monoisotopic (exact) mass is 406 g/mol. The summed E-state index contributed by atoms with van der Waals surface area (Å²) in [5, 5.41) is 7.63. The van der Waals surface area contributed by atoms with Crippen LogP contribution in [0.2, 0.25) is 0 Å². The zero-order valence-electron chi connectivity index (χ0n) is 16.4. The summed E-state index contributed by atoms with van der Waals surface area (Å²) >= 11 is 0. The third-order valence-electron chi connectivity index (χ3n) is 4.67. The highest BCUT2D eigenvalue weighted by molar-refractivity contribution is 6.05. The van der Waals surface area contributed by atoms with Crippen LogP contribution in [0.25, 0.3) is 11.0 Å². The number of methoxy groups -OCH3 is 2. The average Bonchev–Trinajstić information content (AvgIpc) is 3.17. The Hall–Kier alpha value is -3.94. The quantitative estimate of drug-likeness (QED) is 0.526. The molecule has 0 bridgehead atoms. The molecule has 1 N–H and O–H groups in total. The largest absolute Gasteiger partial charge is 0.497 e. The van der Waals surface area contributed by atoms with Gasteiger partial charge < -0.3 is 14.8 Å². The van der Waals surface area contributed by atoms with Crippen LogP contribution in [0.4, 0.5) is 10.1 Å².